The molecule has 0 saturated heterocycles. The maximum atomic E-state index is 12.3. The van der Waals surface area contributed by atoms with Crippen LogP contribution < -0.4 is 5.32 Å². The lowest BCUT2D eigenvalue weighted by Gasteiger charge is -2.22. The van der Waals surface area contributed by atoms with Crippen LogP contribution in [0.25, 0.3) is 0 Å². The van der Waals surface area contributed by atoms with E-state index in [0.29, 0.717) is 12.8 Å². The van der Waals surface area contributed by atoms with Gasteiger partial charge in [-0.15, -0.1) is 0 Å². The Morgan fingerprint density at radius 1 is 0.523 bits per heavy atom. The van der Waals surface area contributed by atoms with E-state index in [1.165, 1.54) is 167 Å². The predicted molar refractivity (Wildman–Crippen MR) is 193 cm³/mol. The third kappa shape index (κ3) is 32.5. The first-order chi connectivity index (χ1) is 21.7. The molecule has 0 bridgehead atoms. The summed E-state index contributed by atoms with van der Waals surface area (Å²) < 4.78 is 0. The summed E-state index contributed by atoms with van der Waals surface area (Å²) in [6, 6.07) is -0.535. The van der Waals surface area contributed by atoms with E-state index in [4.69, 9.17) is 0 Å². The van der Waals surface area contributed by atoms with Gasteiger partial charge < -0.3 is 15.5 Å². The Balaban J connectivity index is 3.54. The summed E-state index contributed by atoms with van der Waals surface area (Å²) in [5, 5.41) is 23.1. The van der Waals surface area contributed by atoms with Gasteiger partial charge in [0.05, 0.1) is 18.8 Å². The Hall–Kier alpha value is -0.870. The third-order valence-corrected chi connectivity index (χ3v) is 9.28. The number of allylic oxidation sites excluding steroid dienone is 2. The highest BCUT2D eigenvalue weighted by Crippen LogP contribution is 2.15. The average molecular weight is 622 g/mol. The molecule has 2 unspecified atom stereocenters. The molecule has 4 heteroatoms. The van der Waals surface area contributed by atoms with Gasteiger partial charge in [0, 0.05) is 6.42 Å². The van der Waals surface area contributed by atoms with E-state index in [1.54, 1.807) is 0 Å². The summed E-state index contributed by atoms with van der Waals surface area (Å²) in [6.45, 7) is 4.36. The Morgan fingerprint density at radius 2 is 0.864 bits per heavy atom. The van der Waals surface area contributed by atoms with Crippen molar-refractivity contribution in [2.24, 2.45) is 0 Å². The van der Waals surface area contributed by atoms with Gasteiger partial charge >= 0.3 is 0 Å². The van der Waals surface area contributed by atoms with Gasteiger partial charge in [0.2, 0.25) is 5.91 Å². The van der Waals surface area contributed by atoms with E-state index in [-0.39, 0.29) is 12.5 Å². The Labute approximate surface area is 276 Å². The number of hydrogen-bond acceptors (Lipinski definition) is 3. The number of amides is 1. The molecule has 44 heavy (non-hydrogen) atoms. The normalized spacial score (nSPS) is 13.1. The largest absolute Gasteiger partial charge is 0.394 e. The highest BCUT2D eigenvalue weighted by Gasteiger charge is 2.19. The van der Waals surface area contributed by atoms with E-state index < -0.39 is 12.1 Å². The molecule has 0 aliphatic carbocycles. The summed E-state index contributed by atoms with van der Waals surface area (Å²) >= 11 is 0. The Bertz CT molecular complexity index is 593. The maximum absolute atomic E-state index is 12.3. The maximum Gasteiger partial charge on any atom is 0.220 e. The van der Waals surface area contributed by atoms with Crippen LogP contribution in [0.1, 0.15) is 219 Å². The topological polar surface area (TPSA) is 69.6 Å². The fraction of sp³-hybridized carbons (Fsp3) is 0.925. The second-order valence-electron chi connectivity index (χ2n) is 13.7. The molecule has 0 saturated carbocycles. The molecule has 0 rings (SSSR count). The SMILES string of the molecule is CCCCCCCCCCC/C=C\CCCCCCCC(=O)NC(CO)C(O)CCCCCCCCCCCCCCCC. The second-order valence-corrected chi connectivity index (χ2v) is 13.7. The molecule has 0 spiro atoms. The van der Waals surface area contributed by atoms with Gasteiger partial charge in [-0.2, -0.15) is 0 Å². The molecule has 0 heterocycles. The van der Waals surface area contributed by atoms with Gasteiger partial charge in [-0.1, -0.05) is 187 Å². The van der Waals surface area contributed by atoms with Crippen LogP contribution in [0.4, 0.5) is 0 Å². The van der Waals surface area contributed by atoms with Crippen LogP contribution in [-0.2, 0) is 4.79 Å². The molecule has 0 aromatic carbocycles. The molecule has 1 amide bonds. The number of nitrogens with one attached hydrogen (secondary N) is 1. The molecule has 0 fully saturated rings. The summed E-state index contributed by atoms with van der Waals surface area (Å²) in [4.78, 5) is 12.3. The third-order valence-electron chi connectivity index (χ3n) is 9.28. The van der Waals surface area contributed by atoms with E-state index in [1.807, 2.05) is 0 Å². The zero-order valence-electron chi connectivity index (χ0n) is 29.9. The van der Waals surface area contributed by atoms with Crippen LogP contribution in [0, 0.1) is 0 Å². The average Bonchev–Trinajstić information content (AvgIpc) is 3.03. The molecule has 0 aliphatic heterocycles. The molecule has 0 aliphatic rings. The van der Waals surface area contributed by atoms with Crippen LogP contribution in [0.2, 0.25) is 0 Å². The standard InChI is InChI=1S/C40H79NO3/c1-3-5-7-9-11-13-15-17-19-20-21-22-24-26-28-30-32-34-36-40(44)41-38(37-42)39(43)35-33-31-29-27-25-23-18-16-14-12-10-8-6-4-2/h21-22,38-39,42-43H,3-20,23-37H2,1-2H3,(H,41,44)/b22-21-. The predicted octanol–water partition coefficient (Wildman–Crippen LogP) is 11.9. The molecular formula is C40H79NO3. The van der Waals surface area contributed by atoms with Gasteiger partial charge in [-0.3, -0.25) is 4.79 Å². The van der Waals surface area contributed by atoms with Gasteiger partial charge in [0.1, 0.15) is 0 Å². The van der Waals surface area contributed by atoms with Crippen LogP contribution >= 0.6 is 0 Å². The van der Waals surface area contributed by atoms with Crippen molar-refractivity contribution in [3.05, 3.63) is 12.2 Å². The Kier molecular flexibility index (Phi) is 35.9. The molecule has 0 radical (unpaired) electrons. The van der Waals surface area contributed by atoms with Crippen molar-refractivity contribution in [2.45, 2.75) is 231 Å². The lowest BCUT2D eigenvalue weighted by molar-refractivity contribution is -0.123. The lowest BCUT2D eigenvalue weighted by Crippen LogP contribution is -2.45. The van der Waals surface area contributed by atoms with Crippen LogP contribution in [0.5, 0.6) is 0 Å². The van der Waals surface area contributed by atoms with Crippen molar-refractivity contribution in [2.75, 3.05) is 6.61 Å². The van der Waals surface area contributed by atoms with E-state index in [9.17, 15) is 15.0 Å². The van der Waals surface area contributed by atoms with E-state index >= 15 is 0 Å². The lowest BCUT2D eigenvalue weighted by atomic mass is 10.0. The number of unbranched alkanes of at least 4 members (excludes halogenated alkanes) is 27. The van der Waals surface area contributed by atoms with Gasteiger partial charge in [0.15, 0.2) is 0 Å². The quantitative estimate of drug-likeness (QED) is 0.0481. The van der Waals surface area contributed by atoms with Crippen molar-refractivity contribution in [1.82, 2.24) is 5.32 Å². The minimum absolute atomic E-state index is 0.0384. The molecule has 3 N–H and O–H groups in total. The zero-order valence-corrected chi connectivity index (χ0v) is 29.9. The highest BCUT2D eigenvalue weighted by molar-refractivity contribution is 5.76. The number of carbonyl (C=O) groups excluding carboxylic acids is 1. The smallest absolute Gasteiger partial charge is 0.220 e. The number of rotatable bonds is 36. The van der Waals surface area contributed by atoms with Gasteiger partial charge in [-0.25, -0.2) is 0 Å². The molecule has 262 valence electrons. The number of aliphatic hydroxyl groups excluding tert-OH is 2. The molecule has 4 nitrogen and oxygen atoms in total. The van der Waals surface area contributed by atoms with Crippen LogP contribution in [0.15, 0.2) is 12.2 Å². The summed E-state index contributed by atoms with van der Waals surface area (Å²) in [5.74, 6) is -0.0384. The van der Waals surface area contributed by atoms with Crippen molar-refractivity contribution >= 4 is 5.91 Å². The van der Waals surface area contributed by atoms with Gasteiger partial charge in [-0.05, 0) is 38.5 Å². The monoisotopic (exact) mass is 622 g/mol. The minimum Gasteiger partial charge on any atom is -0.394 e. The molecular weight excluding hydrogens is 542 g/mol. The first-order valence-corrected chi connectivity index (χ1v) is 19.9. The van der Waals surface area contributed by atoms with Crippen LogP contribution in [0.3, 0.4) is 0 Å². The fourth-order valence-electron chi connectivity index (χ4n) is 6.18. The molecule has 0 aromatic heterocycles. The van der Waals surface area contributed by atoms with Crippen molar-refractivity contribution in [3.63, 3.8) is 0 Å². The fourth-order valence-corrected chi connectivity index (χ4v) is 6.18. The van der Waals surface area contributed by atoms with Crippen molar-refractivity contribution in [1.29, 1.82) is 0 Å². The Morgan fingerprint density at radius 3 is 1.25 bits per heavy atom. The summed E-state index contributed by atoms with van der Waals surface area (Å²) in [7, 11) is 0. The van der Waals surface area contributed by atoms with Crippen LogP contribution in [-0.4, -0.2) is 34.9 Å². The van der Waals surface area contributed by atoms with Crippen molar-refractivity contribution in [3.8, 4) is 0 Å². The van der Waals surface area contributed by atoms with Crippen molar-refractivity contribution < 1.29 is 15.0 Å². The first-order valence-electron chi connectivity index (χ1n) is 19.9. The second kappa shape index (κ2) is 36.6. The minimum atomic E-state index is -0.658. The summed E-state index contributed by atoms with van der Waals surface area (Å²) in [5.41, 5.74) is 0. The first kappa shape index (κ1) is 43.1. The zero-order chi connectivity index (χ0) is 32.2. The number of hydrogen-bond donors (Lipinski definition) is 3. The highest BCUT2D eigenvalue weighted by atomic mass is 16.3. The number of aliphatic hydroxyl groups is 2. The van der Waals surface area contributed by atoms with Gasteiger partial charge in [0.25, 0.3) is 0 Å². The number of carbonyl (C=O) groups is 1. The van der Waals surface area contributed by atoms with E-state index in [2.05, 4.69) is 31.3 Å². The molecule has 2 atom stereocenters. The van der Waals surface area contributed by atoms with E-state index in [0.717, 1.165) is 25.7 Å². The summed E-state index contributed by atoms with van der Waals surface area (Å²) in [6.07, 6.45) is 44.1. The molecule has 0 aromatic rings.